The fourth-order valence-corrected chi connectivity index (χ4v) is 4.91. The van der Waals surface area contributed by atoms with Gasteiger partial charge in [0.1, 0.15) is 4.70 Å². The summed E-state index contributed by atoms with van der Waals surface area (Å²) < 4.78 is 7.05. The van der Waals surface area contributed by atoms with Crippen molar-refractivity contribution in [2.24, 2.45) is 0 Å². The lowest BCUT2D eigenvalue weighted by Gasteiger charge is -2.08. The number of H-pyrrole nitrogens is 1. The Kier molecular flexibility index (Phi) is 4.58. The molecule has 148 valence electrons. The van der Waals surface area contributed by atoms with Gasteiger partial charge in [-0.1, -0.05) is 60.7 Å². The molecule has 0 fully saturated rings. The molecule has 30 heavy (non-hydrogen) atoms. The minimum atomic E-state index is -0.446. The van der Waals surface area contributed by atoms with Crippen molar-refractivity contribution >= 4 is 32.3 Å². The minimum Gasteiger partial charge on any atom is -0.380 e. The average molecular weight is 414 g/mol. The van der Waals surface area contributed by atoms with Gasteiger partial charge in [0.15, 0.2) is 0 Å². The van der Waals surface area contributed by atoms with Gasteiger partial charge in [-0.3, -0.25) is 4.79 Å². The van der Waals surface area contributed by atoms with Crippen LogP contribution in [0.2, 0.25) is 0 Å². The zero-order valence-electron chi connectivity index (χ0n) is 16.2. The van der Waals surface area contributed by atoms with Crippen molar-refractivity contribution in [3.63, 3.8) is 0 Å². The molecule has 3 aromatic carbocycles. The van der Waals surface area contributed by atoms with E-state index in [1.807, 2.05) is 66.7 Å². The molecule has 1 N–H and O–H groups in total. The molecular weight excluding hydrogens is 396 g/mol. The predicted molar refractivity (Wildman–Crippen MR) is 122 cm³/mol. The summed E-state index contributed by atoms with van der Waals surface area (Å²) in [4.78, 5) is 30.1. The van der Waals surface area contributed by atoms with Crippen LogP contribution in [-0.4, -0.2) is 16.7 Å². The molecule has 5 aromatic rings. The van der Waals surface area contributed by atoms with E-state index in [4.69, 9.17) is 4.74 Å². The van der Waals surface area contributed by atoms with Crippen LogP contribution < -0.4 is 11.2 Å². The molecule has 0 amide bonds. The highest BCUT2D eigenvalue weighted by atomic mass is 32.1. The molecule has 2 aromatic heterocycles. The van der Waals surface area contributed by atoms with Crippen LogP contribution in [-0.2, 0) is 11.3 Å². The molecule has 0 unspecified atom stereocenters. The van der Waals surface area contributed by atoms with Gasteiger partial charge in [0.2, 0.25) is 0 Å². The van der Waals surface area contributed by atoms with Gasteiger partial charge in [-0.2, -0.15) is 0 Å². The van der Waals surface area contributed by atoms with Crippen molar-refractivity contribution in [2.75, 3.05) is 7.11 Å². The number of rotatable bonds is 4. The Bertz CT molecular complexity index is 1510. The second-order valence-electron chi connectivity index (χ2n) is 7.01. The van der Waals surface area contributed by atoms with Crippen molar-refractivity contribution in [1.82, 2.24) is 9.55 Å². The summed E-state index contributed by atoms with van der Waals surface area (Å²) in [7, 11) is 1.65. The van der Waals surface area contributed by atoms with E-state index in [0.29, 0.717) is 22.5 Å². The summed E-state index contributed by atoms with van der Waals surface area (Å²) in [5.41, 5.74) is 2.40. The van der Waals surface area contributed by atoms with Crippen molar-refractivity contribution in [2.45, 2.75) is 6.61 Å². The number of ether oxygens (including phenoxy) is 1. The second-order valence-corrected chi connectivity index (χ2v) is 8.06. The highest BCUT2D eigenvalue weighted by molar-refractivity contribution is 7.22. The fourth-order valence-electron chi connectivity index (χ4n) is 3.80. The average Bonchev–Trinajstić information content (AvgIpc) is 3.18. The van der Waals surface area contributed by atoms with E-state index in [0.717, 1.165) is 26.8 Å². The van der Waals surface area contributed by atoms with Gasteiger partial charge in [0.05, 0.1) is 17.8 Å². The zero-order chi connectivity index (χ0) is 20.7. The minimum absolute atomic E-state index is 0.314. The van der Waals surface area contributed by atoms with Crippen LogP contribution >= 0.6 is 11.3 Å². The maximum absolute atomic E-state index is 13.4. The standard InChI is InChI=1S/C24H18N2O3S/c1-29-14-16-8-3-5-11-18(16)21-13-19-22(30-21)23(27)26(24(28)25-19)20-12-6-9-15-7-2-4-10-17(15)20/h2-13H,14H2,1H3,(H,25,28). The summed E-state index contributed by atoms with van der Waals surface area (Å²) in [5, 5.41) is 1.83. The number of nitrogens with zero attached hydrogens (tertiary/aromatic N) is 1. The normalized spacial score (nSPS) is 11.4. The number of hydrogen-bond acceptors (Lipinski definition) is 4. The predicted octanol–water partition coefficient (Wildman–Crippen LogP) is 4.71. The largest absolute Gasteiger partial charge is 0.380 e. The topological polar surface area (TPSA) is 64.1 Å². The highest BCUT2D eigenvalue weighted by Gasteiger charge is 2.16. The second kappa shape index (κ2) is 7.40. The van der Waals surface area contributed by atoms with E-state index in [1.54, 1.807) is 13.2 Å². The van der Waals surface area contributed by atoms with Gasteiger partial charge in [-0.15, -0.1) is 11.3 Å². The molecule has 6 heteroatoms. The zero-order valence-corrected chi connectivity index (χ0v) is 17.0. The Hall–Kier alpha value is -3.48. The van der Waals surface area contributed by atoms with Crippen molar-refractivity contribution in [1.29, 1.82) is 0 Å². The van der Waals surface area contributed by atoms with Crippen molar-refractivity contribution < 1.29 is 4.74 Å². The molecule has 0 atom stereocenters. The van der Waals surface area contributed by atoms with Crippen LogP contribution in [0.3, 0.4) is 0 Å². The van der Waals surface area contributed by atoms with Crippen LogP contribution in [0.1, 0.15) is 5.56 Å². The Morgan fingerprint density at radius 3 is 2.60 bits per heavy atom. The number of nitrogens with one attached hydrogen (secondary N) is 1. The van der Waals surface area contributed by atoms with Crippen molar-refractivity contribution in [3.05, 3.63) is 99.2 Å². The summed E-state index contributed by atoms with van der Waals surface area (Å²) in [6, 6.07) is 23.1. The van der Waals surface area contributed by atoms with Crippen LogP contribution in [0.4, 0.5) is 0 Å². The van der Waals surface area contributed by atoms with Gasteiger partial charge in [0.25, 0.3) is 5.56 Å². The van der Waals surface area contributed by atoms with Gasteiger partial charge in [-0.05, 0) is 28.6 Å². The Morgan fingerprint density at radius 2 is 1.73 bits per heavy atom. The first-order valence-corrected chi connectivity index (χ1v) is 10.3. The smallest absolute Gasteiger partial charge is 0.333 e. The Labute approximate surface area is 175 Å². The van der Waals surface area contributed by atoms with E-state index >= 15 is 0 Å². The molecule has 0 radical (unpaired) electrons. The molecule has 0 aliphatic heterocycles. The summed E-state index contributed by atoms with van der Waals surface area (Å²) in [6.45, 7) is 0.473. The van der Waals surface area contributed by atoms with E-state index in [-0.39, 0.29) is 5.56 Å². The number of hydrogen-bond donors (Lipinski definition) is 1. The third-order valence-corrected chi connectivity index (χ3v) is 6.32. The lowest BCUT2D eigenvalue weighted by Crippen LogP contribution is -2.33. The Balaban J connectivity index is 1.76. The van der Waals surface area contributed by atoms with Crippen LogP contribution in [0.15, 0.2) is 82.4 Å². The Morgan fingerprint density at radius 1 is 0.967 bits per heavy atom. The first-order chi connectivity index (χ1) is 14.7. The molecule has 0 bridgehead atoms. The first-order valence-electron chi connectivity index (χ1n) is 9.51. The molecule has 0 spiro atoms. The maximum atomic E-state index is 13.4. The van der Waals surface area contributed by atoms with Gasteiger partial charge in [-0.25, -0.2) is 9.36 Å². The number of fused-ring (bicyclic) bond motifs is 2. The summed E-state index contributed by atoms with van der Waals surface area (Å²) >= 11 is 1.38. The molecule has 0 saturated heterocycles. The van der Waals surface area contributed by atoms with Crippen LogP contribution in [0, 0.1) is 0 Å². The maximum Gasteiger partial charge on any atom is 0.333 e. The number of methoxy groups -OCH3 is 1. The SMILES string of the molecule is COCc1ccccc1-c1cc2[nH]c(=O)n(-c3cccc4ccccc34)c(=O)c2s1. The molecule has 0 aliphatic carbocycles. The third-order valence-electron chi connectivity index (χ3n) is 5.16. The molecule has 2 heterocycles. The lowest BCUT2D eigenvalue weighted by atomic mass is 10.1. The lowest BCUT2D eigenvalue weighted by molar-refractivity contribution is 0.185. The highest BCUT2D eigenvalue weighted by Crippen LogP contribution is 2.33. The van der Waals surface area contributed by atoms with Gasteiger partial charge < -0.3 is 9.72 Å². The van der Waals surface area contributed by atoms with E-state index in [2.05, 4.69) is 4.98 Å². The number of aromatic amines is 1. The van der Waals surface area contributed by atoms with Crippen LogP contribution in [0.25, 0.3) is 37.1 Å². The molecular formula is C24H18N2O3S. The monoisotopic (exact) mass is 414 g/mol. The van der Waals surface area contributed by atoms with E-state index in [9.17, 15) is 9.59 Å². The summed E-state index contributed by atoms with van der Waals surface area (Å²) in [6.07, 6.45) is 0. The third kappa shape index (κ3) is 2.98. The molecule has 5 rings (SSSR count). The fraction of sp³-hybridized carbons (Fsp3) is 0.0833. The quantitative estimate of drug-likeness (QED) is 0.463. The van der Waals surface area contributed by atoms with E-state index < -0.39 is 5.69 Å². The molecule has 0 aliphatic rings. The number of benzene rings is 3. The van der Waals surface area contributed by atoms with Gasteiger partial charge in [0, 0.05) is 17.4 Å². The van der Waals surface area contributed by atoms with E-state index in [1.165, 1.54) is 15.9 Å². The summed E-state index contributed by atoms with van der Waals surface area (Å²) in [5.74, 6) is 0. The van der Waals surface area contributed by atoms with Crippen molar-refractivity contribution in [3.8, 4) is 16.1 Å². The molecule has 5 nitrogen and oxygen atoms in total. The molecule has 0 saturated carbocycles. The first kappa shape index (κ1) is 18.5. The van der Waals surface area contributed by atoms with Gasteiger partial charge >= 0.3 is 5.69 Å². The number of aromatic nitrogens is 2. The van der Waals surface area contributed by atoms with Crippen LogP contribution in [0.5, 0.6) is 0 Å². The number of thiophene rings is 1.